The number of aromatic nitrogens is 2. The molecule has 0 saturated heterocycles. The molecule has 24 heavy (non-hydrogen) atoms. The summed E-state index contributed by atoms with van der Waals surface area (Å²) in [4.78, 5) is 12.5. The van der Waals surface area contributed by atoms with Gasteiger partial charge in [-0.05, 0) is 24.6 Å². The van der Waals surface area contributed by atoms with Gasteiger partial charge in [0, 0.05) is 32.0 Å². The number of carbonyl (C=O) groups is 1. The standard InChI is InChI=1S/C18H26N4O2/c1-4-9-24-13-15-8-6-5-7-14(15)10-20-18(23)17(19-2)16-11-21-22(3)12-16/h5-8,11-12,17,19H,4,9-10,13H2,1-3H3,(H,20,23). The number of likely N-dealkylation sites (N-methyl/N-ethyl adjacent to an activating group) is 1. The molecule has 0 aliphatic rings. The Labute approximate surface area is 143 Å². The highest BCUT2D eigenvalue weighted by Crippen LogP contribution is 2.13. The van der Waals surface area contributed by atoms with Gasteiger partial charge in [-0.2, -0.15) is 5.10 Å². The van der Waals surface area contributed by atoms with E-state index in [1.165, 1.54) is 0 Å². The Kier molecular flexibility index (Phi) is 6.96. The summed E-state index contributed by atoms with van der Waals surface area (Å²) in [5.41, 5.74) is 3.02. The van der Waals surface area contributed by atoms with Crippen molar-refractivity contribution in [3.63, 3.8) is 0 Å². The smallest absolute Gasteiger partial charge is 0.242 e. The number of hydrogen-bond acceptors (Lipinski definition) is 4. The Morgan fingerprint density at radius 1 is 1.33 bits per heavy atom. The largest absolute Gasteiger partial charge is 0.377 e. The molecular weight excluding hydrogens is 304 g/mol. The van der Waals surface area contributed by atoms with Crippen molar-refractivity contribution in [2.75, 3.05) is 13.7 Å². The summed E-state index contributed by atoms with van der Waals surface area (Å²) >= 11 is 0. The van der Waals surface area contributed by atoms with Crippen LogP contribution in [-0.2, 0) is 29.7 Å². The van der Waals surface area contributed by atoms with Crippen molar-refractivity contribution in [2.24, 2.45) is 7.05 Å². The fraction of sp³-hybridized carbons (Fsp3) is 0.444. The second kappa shape index (κ2) is 9.20. The van der Waals surface area contributed by atoms with Gasteiger partial charge in [0.15, 0.2) is 0 Å². The highest BCUT2D eigenvalue weighted by Gasteiger charge is 2.19. The Balaban J connectivity index is 1.98. The summed E-state index contributed by atoms with van der Waals surface area (Å²) in [5, 5.41) is 10.2. The summed E-state index contributed by atoms with van der Waals surface area (Å²) in [5.74, 6) is -0.0743. The highest BCUT2D eigenvalue weighted by molar-refractivity contribution is 5.83. The fourth-order valence-corrected chi connectivity index (χ4v) is 2.52. The molecule has 0 saturated carbocycles. The SMILES string of the molecule is CCCOCc1ccccc1CNC(=O)C(NC)c1cnn(C)c1. The highest BCUT2D eigenvalue weighted by atomic mass is 16.5. The Morgan fingerprint density at radius 3 is 2.71 bits per heavy atom. The number of nitrogens with zero attached hydrogens (tertiary/aromatic N) is 2. The molecule has 2 rings (SSSR count). The van der Waals surface area contributed by atoms with Crippen molar-refractivity contribution in [2.45, 2.75) is 32.5 Å². The van der Waals surface area contributed by atoms with Crippen molar-refractivity contribution in [1.82, 2.24) is 20.4 Å². The first-order valence-electron chi connectivity index (χ1n) is 8.23. The number of amides is 1. The van der Waals surface area contributed by atoms with Gasteiger partial charge in [0.1, 0.15) is 6.04 Å². The van der Waals surface area contributed by atoms with Crippen molar-refractivity contribution in [3.05, 3.63) is 53.3 Å². The van der Waals surface area contributed by atoms with Gasteiger partial charge in [-0.3, -0.25) is 9.48 Å². The molecule has 0 aliphatic carbocycles. The van der Waals surface area contributed by atoms with Gasteiger partial charge in [-0.25, -0.2) is 0 Å². The molecular formula is C18H26N4O2. The molecule has 1 atom stereocenters. The van der Waals surface area contributed by atoms with Crippen LogP contribution in [0.25, 0.3) is 0 Å². The first kappa shape index (κ1) is 18.2. The minimum absolute atomic E-state index is 0.0743. The first-order valence-corrected chi connectivity index (χ1v) is 8.23. The molecule has 0 fully saturated rings. The molecule has 1 amide bonds. The molecule has 1 aromatic carbocycles. The zero-order valence-corrected chi connectivity index (χ0v) is 14.6. The molecule has 1 heterocycles. The number of rotatable bonds is 9. The topological polar surface area (TPSA) is 68.2 Å². The Bertz CT molecular complexity index is 654. The van der Waals surface area contributed by atoms with Crippen LogP contribution in [0.15, 0.2) is 36.7 Å². The minimum atomic E-state index is -0.415. The normalized spacial score (nSPS) is 12.1. The molecule has 6 heteroatoms. The molecule has 2 N–H and O–H groups in total. The lowest BCUT2D eigenvalue weighted by atomic mass is 10.1. The maximum atomic E-state index is 12.5. The van der Waals surface area contributed by atoms with Crippen molar-refractivity contribution < 1.29 is 9.53 Å². The van der Waals surface area contributed by atoms with Gasteiger partial charge in [0.05, 0.1) is 12.8 Å². The fourth-order valence-electron chi connectivity index (χ4n) is 2.52. The molecule has 0 bridgehead atoms. The van der Waals surface area contributed by atoms with E-state index in [0.29, 0.717) is 13.2 Å². The third kappa shape index (κ3) is 4.91. The van der Waals surface area contributed by atoms with Crippen molar-refractivity contribution in [1.29, 1.82) is 0 Å². The zero-order valence-electron chi connectivity index (χ0n) is 14.6. The van der Waals surface area contributed by atoms with Crippen LogP contribution >= 0.6 is 0 Å². The van der Waals surface area contributed by atoms with E-state index >= 15 is 0 Å². The molecule has 0 spiro atoms. The van der Waals surface area contributed by atoms with Crippen LogP contribution < -0.4 is 10.6 Å². The zero-order chi connectivity index (χ0) is 17.4. The summed E-state index contributed by atoms with van der Waals surface area (Å²) in [6.07, 6.45) is 4.54. The van der Waals surface area contributed by atoms with Crippen LogP contribution in [-0.4, -0.2) is 29.3 Å². The van der Waals surface area contributed by atoms with E-state index < -0.39 is 6.04 Å². The predicted octanol–water partition coefficient (Wildman–Crippen LogP) is 1.92. The van der Waals surface area contributed by atoms with E-state index in [2.05, 4.69) is 22.7 Å². The molecule has 1 unspecified atom stereocenters. The summed E-state index contributed by atoms with van der Waals surface area (Å²) in [6, 6.07) is 7.60. The van der Waals surface area contributed by atoms with E-state index in [1.807, 2.05) is 37.5 Å². The maximum absolute atomic E-state index is 12.5. The Hall–Kier alpha value is -2.18. The minimum Gasteiger partial charge on any atom is -0.377 e. The van der Waals surface area contributed by atoms with E-state index in [0.717, 1.165) is 29.7 Å². The van der Waals surface area contributed by atoms with Gasteiger partial charge in [-0.1, -0.05) is 31.2 Å². The molecule has 0 radical (unpaired) electrons. The van der Waals surface area contributed by atoms with Gasteiger partial charge in [-0.15, -0.1) is 0 Å². The summed E-state index contributed by atoms with van der Waals surface area (Å²) in [7, 11) is 3.60. The third-order valence-corrected chi connectivity index (χ3v) is 3.79. The van der Waals surface area contributed by atoms with E-state index in [4.69, 9.17) is 4.74 Å². The van der Waals surface area contributed by atoms with E-state index in [1.54, 1.807) is 17.9 Å². The molecule has 1 aromatic heterocycles. The van der Waals surface area contributed by atoms with Crippen molar-refractivity contribution >= 4 is 5.91 Å². The van der Waals surface area contributed by atoms with Gasteiger partial charge >= 0.3 is 0 Å². The van der Waals surface area contributed by atoms with Gasteiger partial charge < -0.3 is 15.4 Å². The van der Waals surface area contributed by atoms with E-state index in [-0.39, 0.29) is 5.91 Å². The molecule has 2 aromatic rings. The van der Waals surface area contributed by atoms with Crippen LogP contribution in [0.4, 0.5) is 0 Å². The maximum Gasteiger partial charge on any atom is 0.242 e. The third-order valence-electron chi connectivity index (χ3n) is 3.79. The van der Waals surface area contributed by atoms with Crippen molar-refractivity contribution in [3.8, 4) is 0 Å². The quantitative estimate of drug-likeness (QED) is 0.689. The van der Waals surface area contributed by atoms with Crippen LogP contribution in [0.5, 0.6) is 0 Å². The van der Waals surface area contributed by atoms with Crippen LogP contribution in [0.2, 0.25) is 0 Å². The number of benzene rings is 1. The average molecular weight is 330 g/mol. The summed E-state index contributed by atoms with van der Waals surface area (Å²) < 4.78 is 7.31. The molecule has 6 nitrogen and oxygen atoms in total. The number of hydrogen-bond donors (Lipinski definition) is 2. The predicted molar refractivity (Wildman–Crippen MR) is 93.2 cm³/mol. The summed E-state index contributed by atoms with van der Waals surface area (Å²) in [6.45, 7) is 3.87. The van der Waals surface area contributed by atoms with Gasteiger partial charge in [0.2, 0.25) is 5.91 Å². The lowest BCUT2D eigenvalue weighted by molar-refractivity contribution is -0.123. The molecule has 130 valence electrons. The van der Waals surface area contributed by atoms with Crippen LogP contribution in [0.3, 0.4) is 0 Å². The second-order valence-corrected chi connectivity index (χ2v) is 5.71. The second-order valence-electron chi connectivity index (χ2n) is 5.71. The number of ether oxygens (including phenoxy) is 1. The van der Waals surface area contributed by atoms with E-state index in [9.17, 15) is 4.79 Å². The average Bonchev–Trinajstić information content (AvgIpc) is 3.01. The Morgan fingerprint density at radius 2 is 2.08 bits per heavy atom. The first-order chi connectivity index (χ1) is 11.7. The number of aryl methyl sites for hydroxylation is 1. The van der Waals surface area contributed by atoms with Gasteiger partial charge in [0.25, 0.3) is 0 Å². The number of carbonyl (C=O) groups excluding carboxylic acids is 1. The molecule has 0 aliphatic heterocycles. The number of nitrogens with one attached hydrogen (secondary N) is 2. The lowest BCUT2D eigenvalue weighted by Gasteiger charge is -2.16. The van der Waals surface area contributed by atoms with Crippen LogP contribution in [0, 0.1) is 0 Å². The van der Waals surface area contributed by atoms with Crippen LogP contribution in [0.1, 0.15) is 36.1 Å². The monoisotopic (exact) mass is 330 g/mol. The lowest BCUT2D eigenvalue weighted by Crippen LogP contribution is -2.35.